The summed E-state index contributed by atoms with van der Waals surface area (Å²) >= 11 is 0. The molecule has 1 amide bonds. The van der Waals surface area contributed by atoms with Crippen molar-refractivity contribution >= 4 is 11.6 Å². The van der Waals surface area contributed by atoms with Crippen LogP contribution in [0.3, 0.4) is 0 Å². The number of ether oxygens (including phenoxy) is 1. The van der Waals surface area contributed by atoms with Gasteiger partial charge in [-0.2, -0.15) is 0 Å². The van der Waals surface area contributed by atoms with Gasteiger partial charge in [0.15, 0.2) is 0 Å². The second kappa shape index (κ2) is 5.37. The van der Waals surface area contributed by atoms with E-state index in [2.05, 4.69) is 5.48 Å². The molecule has 1 aliphatic rings. The summed E-state index contributed by atoms with van der Waals surface area (Å²) in [7, 11) is 1.59. The first-order valence-corrected chi connectivity index (χ1v) is 5.96. The largest absolute Gasteiger partial charge is 0.399 e. The molecular formula is C13H18N2O3. The Bertz CT molecular complexity index is 413. The van der Waals surface area contributed by atoms with Crippen molar-refractivity contribution in [3.8, 4) is 0 Å². The van der Waals surface area contributed by atoms with Crippen LogP contribution in [0.15, 0.2) is 24.3 Å². The highest BCUT2D eigenvalue weighted by atomic mass is 16.7. The Morgan fingerprint density at radius 1 is 1.33 bits per heavy atom. The molecule has 0 spiro atoms. The van der Waals surface area contributed by atoms with E-state index in [9.17, 15) is 4.79 Å². The van der Waals surface area contributed by atoms with Crippen molar-refractivity contribution in [2.24, 2.45) is 0 Å². The van der Waals surface area contributed by atoms with Crippen LogP contribution in [0.5, 0.6) is 0 Å². The molecule has 3 N–H and O–H groups in total. The number of hydroxylamine groups is 1. The number of hydrogen-bond donors (Lipinski definition) is 2. The summed E-state index contributed by atoms with van der Waals surface area (Å²) in [6, 6.07) is 7.43. The van der Waals surface area contributed by atoms with Crippen LogP contribution in [0.1, 0.15) is 18.4 Å². The number of benzene rings is 1. The fraction of sp³-hybridized carbons (Fsp3) is 0.462. The minimum atomic E-state index is -0.430. The average Bonchev–Trinajstić information content (AvgIpc) is 3.17. The molecule has 1 aliphatic carbocycles. The van der Waals surface area contributed by atoms with Crippen molar-refractivity contribution in [2.75, 3.05) is 26.1 Å². The highest BCUT2D eigenvalue weighted by molar-refractivity contribution is 5.90. The smallest absolute Gasteiger partial charge is 0.254 e. The van der Waals surface area contributed by atoms with Gasteiger partial charge in [-0.25, -0.2) is 5.48 Å². The Morgan fingerprint density at radius 3 is 2.56 bits per heavy atom. The van der Waals surface area contributed by atoms with Crippen LogP contribution in [0.4, 0.5) is 5.69 Å². The molecule has 1 fully saturated rings. The molecule has 2 rings (SSSR count). The zero-order valence-corrected chi connectivity index (χ0v) is 10.4. The van der Waals surface area contributed by atoms with Crippen LogP contribution < -0.4 is 11.2 Å². The van der Waals surface area contributed by atoms with E-state index in [0.29, 0.717) is 18.9 Å². The van der Waals surface area contributed by atoms with E-state index in [1.807, 2.05) is 24.3 Å². The molecule has 0 radical (unpaired) electrons. The monoisotopic (exact) mass is 250 g/mol. The third kappa shape index (κ3) is 2.63. The zero-order chi connectivity index (χ0) is 13.0. The first-order chi connectivity index (χ1) is 8.69. The van der Waals surface area contributed by atoms with Gasteiger partial charge in [0, 0.05) is 12.8 Å². The Kier molecular flexibility index (Phi) is 3.84. The van der Waals surface area contributed by atoms with Gasteiger partial charge in [-0.1, -0.05) is 12.1 Å². The maximum atomic E-state index is 12.1. The number of nitrogens with one attached hydrogen (secondary N) is 1. The maximum absolute atomic E-state index is 12.1. The number of anilines is 1. The number of methoxy groups -OCH3 is 1. The molecule has 18 heavy (non-hydrogen) atoms. The van der Waals surface area contributed by atoms with Crippen LogP contribution in [0.2, 0.25) is 0 Å². The first kappa shape index (κ1) is 12.9. The van der Waals surface area contributed by atoms with Crippen molar-refractivity contribution < 1.29 is 14.4 Å². The van der Waals surface area contributed by atoms with Gasteiger partial charge in [-0.05, 0) is 30.5 Å². The molecule has 5 nitrogen and oxygen atoms in total. The summed E-state index contributed by atoms with van der Waals surface area (Å²) in [6.07, 6.45) is 1.69. The van der Waals surface area contributed by atoms with Crippen LogP contribution in [0, 0.1) is 0 Å². The number of carbonyl (C=O) groups is 1. The van der Waals surface area contributed by atoms with Gasteiger partial charge in [0.25, 0.3) is 5.91 Å². The van der Waals surface area contributed by atoms with Gasteiger partial charge < -0.3 is 10.5 Å². The first-order valence-electron chi connectivity index (χ1n) is 5.96. The van der Waals surface area contributed by atoms with E-state index in [1.54, 1.807) is 7.11 Å². The van der Waals surface area contributed by atoms with Crippen LogP contribution in [-0.2, 0) is 19.8 Å². The van der Waals surface area contributed by atoms with Gasteiger partial charge in [0.2, 0.25) is 0 Å². The van der Waals surface area contributed by atoms with Crippen LogP contribution >= 0.6 is 0 Å². The van der Waals surface area contributed by atoms with E-state index in [-0.39, 0.29) is 5.91 Å². The predicted octanol–water partition coefficient (Wildman–Crippen LogP) is 0.995. The lowest BCUT2D eigenvalue weighted by Crippen LogP contribution is -2.35. The lowest BCUT2D eigenvalue weighted by molar-refractivity contribution is -0.137. The van der Waals surface area contributed by atoms with E-state index in [1.165, 1.54) is 0 Å². The zero-order valence-electron chi connectivity index (χ0n) is 10.4. The molecule has 0 unspecified atom stereocenters. The van der Waals surface area contributed by atoms with Crippen LogP contribution in [-0.4, -0.2) is 26.2 Å². The third-order valence-electron chi connectivity index (χ3n) is 3.20. The fourth-order valence-corrected chi connectivity index (χ4v) is 1.91. The number of hydrogen-bond acceptors (Lipinski definition) is 4. The third-order valence-corrected chi connectivity index (χ3v) is 3.20. The highest BCUT2D eigenvalue weighted by Crippen LogP contribution is 2.48. The van der Waals surface area contributed by atoms with Gasteiger partial charge in [-0.3, -0.25) is 9.63 Å². The molecule has 0 bridgehead atoms. The Balaban J connectivity index is 1.94. The number of nitrogens with two attached hydrogens (primary N) is 1. The summed E-state index contributed by atoms with van der Waals surface area (Å²) in [5.74, 6) is -0.0941. The maximum Gasteiger partial charge on any atom is 0.254 e. The topological polar surface area (TPSA) is 73.6 Å². The molecule has 1 saturated carbocycles. The van der Waals surface area contributed by atoms with E-state index >= 15 is 0 Å². The van der Waals surface area contributed by atoms with Crippen molar-refractivity contribution in [3.05, 3.63) is 29.8 Å². The lowest BCUT2D eigenvalue weighted by Gasteiger charge is -2.15. The molecule has 0 atom stereocenters. The van der Waals surface area contributed by atoms with Gasteiger partial charge >= 0.3 is 0 Å². The molecule has 1 aromatic carbocycles. The second-order valence-electron chi connectivity index (χ2n) is 4.48. The lowest BCUT2D eigenvalue weighted by atomic mass is 9.95. The molecule has 0 aromatic heterocycles. The summed E-state index contributed by atoms with van der Waals surface area (Å²) < 4.78 is 4.83. The molecule has 0 heterocycles. The number of nitrogen functional groups attached to an aromatic ring is 1. The average molecular weight is 250 g/mol. The standard InChI is InChI=1S/C13H18N2O3/c1-17-8-9-18-15-12(16)13(6-7-13)10-2-4-11(14)5-3-10/h2-5H,6-9,14H2,1H3,(H,15,16). The summed E-state index contributed by atoms with van der Waals surface area (Å²) in [6.45, 7) is 0.801. The van der Waals surface area contributed by atoms with Crippen molar-refractivity contribution in [2.45, 2.75) is 18.3 Å². The van der Waals surface area contributed by atoms with Crippen molar-refractivity contribution in [1.29, 1.82) is 0 Å². The minimum absolute atomic E-state index is 0.0941. The van der Waals surface area contributed by atoms with Crippen molar-refractivity contribution in [3.63, 3.8) is 0 Å². The molecule has 0 saturated heterocycles. The quantitative estimate of drug-likeness (QED) is 0.448. The number of amides is 1. The molecule has 0 aliphatic heterocycles. The van der Waals surface area contributed by atoms with Gasteiger partial charge in [0.1, 0.15) is 0 Å². The molecule has 5 heteroatoms. The number of rotatable bonds is 6. The minimum Gasteiger partial charge on any atom is -0.399 e. The summed E-state index contributed by atoms with van der Waals surface area (Å²) in [5, 5.41) is 0. The van der Waals surface area contributed by atoms with E-state index < -0.39 is 5.41 Å². The van der Waals surface area contributed by atoms with E-state index in [4.69, 9.17) is 15.3 Å². The molecular weight excluding hydrogens is 232 g/mol. The van der Waals surface area contributed by atoms with Gasteiger partial charge in [0.05, 0.1) is 18.6 Å². The number of carbonyl (C=O) groups excluding carboxylic acids is 1. The Morgan fingerprint density at radius 2 is 2.00 bits per heavy atom. The SMILES string of the molecule is COCCONC(=O)C1(c2ccc(N)cc2)CC1. The molecule has 98 valence electrons. The fourth-order valence-electron chi connectivity index (χ4n) is 1.91. The second-order valence-corrected chi connectivity index (χ2v) is 4.48. The Labute approximate surface area is 106 Å². The summed E-state index contributed by atoms with van der Waals surface area (Å²) in [5.41, 5.74) is 9.38. The van der Waals surface area contributed by atoms with Gasteiger partial charge in [-0.15, -0.1) is 0 Å². The normalized spacial score (nSPS) is 16.3. The predicted molar refractivity (Wildman–Crippen MR) is 67.7 cm³/mol. The van der Waals surface area contributed by atoms with Crippen molar-refractivity contribution in [1.82, 2.24) is 5.48 Å². The Hall–Kier alpha value is -1.59. The van der Waals surface area contributed by atoms with Crippen LogP contribution in [0.25, 0.3) is 0 Å². The molecule has 1 aromatic rings. The summed E-state index contributed by atoms with van der Waals surface area (Å²) in [4.78, 5) is 17.1. The highest BCUT2D eigenvalue weighted by Gasteiger charge is 2.51. The van der Waals surface area contributed by atoms with E-state index in [0.717, 1.165) is 18.4 Å².